The number of aryl methyl sites for hydroxylation is 1. The second kappa shape index (κ2) is 9.08. The average molecular weight is 362 g/mol. The molecule has 25 heavy (non-hydrogen) atoms. The molecule has 2 aromatic carbocycles. The van der Waals surface area contributed by atoms with E-state index in [9.17, 15) is 9.59 Å². The van der Waals surface area contributed by atoms with Crippen LogP contribution < -0.4 is 10.1 Å². The van der Waals surface area contributed by atoms with Crippen LogP contribution in [0.2, 0.25) is 5.02 Å². The molecular formula is C19H20ClNO4. The van der Waals surface area contributed by atoms with Gasteiger partial charge in [-0.15, -0.1) is 0 Å². The van der Waals surface area contributed by atoms with Crippen molar-refractivity contribution in [2.45, 2.75) is 19.9 Å². The average Bonchev–Trinajstić information content (AvgIpc) is 2.58. The van der Waals surface area contributed by atoms with Crippen molar-refractivity contribution in [3.63, 3.8) is 0 Å². The fourth-order valence-electron chi connectivity index (χ4n) is 2.11. The molecule has 0 spiro atoms. The summed E-state index contributed by atoms with van der Waals surface area (Å²) in [5.74, 6) is -0.240. The number of rotatable bonds is 7. The highest BCUT2D eigenvalue weighted by Crippen LogP contribution is 2.15. The first-order valence-corrected chi connectivity index (χ1v) is 8.26. The summed E-state index contributed by atoms with van der Waals surface area (Å²) >= 11 is 5.96. The molecule has 0 aliphatic rings. The highest BCUT2D eigenvalue weighted by Gasteiger charge is 2.19. The molecule has 0 unspecified atom stereocenters. The molecule has 1 N–H and O–H groups in total. The third-order valence-electron chi connectivity index (χ3n) is 3.41. The molecule has 1 amide bonds. The lowest BCUT2D eigenvalue weighted by Crippen LogP contribution is -2.40. The van der Waals surface area contributed by atoms with Crippen molar-refractivity contribution in [3.8, 4) is 5.75 Å². The summed E-state index contributed by atoms with van der Waals surface area (Å²) in [5, 5.41) is 2.89. The Hall–Kier alpha value is -2.53. The molecule has 132 valence electrons. The molecule has 0 saturated carbocycles. The van der Waals surface area contributed by atoms with E-state index >= 15 is 0 Å². The maximum Gasteiger partial charge on any atom is 0.328 e. The van der Waals surface area contributed by atoms with Crippen LogP contribution in [0.3, 0.4) is 0 Å². The summed E-state index contributed by atoms with van der Waals surface area (Å²) in [6.45, 7) is 3.86. The van der Waals surface area contributed by atoms with Gasteiger partial charge in [0.05, 0.1) is 10.6 Å². The minimum atomic E-state index is -0.789. The van der Waals surface area contributed by atoms with E-state index in [0.717, 1.165) is 11.3 Å². The Bertz CT molecular complexity index is 748. The first kappa shape index (κ1) is 18.8. The Morgan fingerprint density at radius 3 is 2.60 bits per heavy atom. The monoisotopic (exact) mass is 361 g/mol. The van der Waals surface area contributed by atoms with Crippen LogP contribution in [0, 0.1) is 6.92 Å². The van der Waals surface area contributed by atoms with E-state index in [-0.39, 0.29) is 13.2 Å². The second-order valence-electron chi connectivity index (χ2n) is 5.51. The van der Waals surface area contributed by atoms with Crippen LogP contribution in [0.1, 0.15) is 22.8 Å². The molecule has 6 heteroatoms. The summed E-state index contributed by atoms with van der Waals surface area (Å²) in [6, 6.07) is 13.4. The summed E-state index contributed by atoms with van der Waals surface area (Å²) in [4.78, 5) is 24.0. The molecule has 0 aliphatic carbocycles. The van der Waals surface area contributed by atoms with Gasteiger partial charge in [-0.2, -0.15) is 0 Å². The van der Waals surface area contributed by atoms with Gasteiger partial charge in [0, 0.05) is 0 Å². The van der Waals surface area contributed by atoms with Gasteiger partial charge in [0.2, 0.25) is 0 Å². The molecule has 0 bridgehead atoms. The van der Waals surface area contributed by atoms with Crippen molar-refractivity contribution in [2.75, 3.05) is 13.2 Å². The lowest BCUT2D eigenvalue weighted by atomic mass is 10.2. The predicted molar refractivity (Wildman–Crippen MR) is 96.0 cm³/mol. The molecular weight excluding hydrogens is 342 g/mol. The number of halogens is 1. The summed E-state index contributed by atoms with van der Waals surface area (Å²) < 4.78 is 10.6. The third kappa shape index (κ3) is 5.80. The molecule has 0 aliphatic heterocycles. The quantitative estimate of drug-likeness (QED) is 0.606. The van der Waals surface area contributed by atoms with Gasteiger partial charge < -0.3 is 14.8 Å². The van der Waals surface area contributed by atoms with Gasteiger partial charge in [-0.3, -0.25) is 4.79 Å². The zero-order chi connectivity index (χ0) is 18.2. The van der Waals surface area contributed by atoms with Crippen molar-refractivity contribution in [3.05, 3.63) is 64.7 Å². The largest absolute Gasteiger partial charge is 0.490 e. The third-order valence-corrected chi connectivity index (χ3v) is 3.74. The maximum atomic E-state index is 12.1. The van der Waals surface area contributed by atoms with Crippen LogP contribution in [0.25, 0.3) is 0 Å². The van der Waals surface area contributed by atoms with Crippen LogP contribution in [-0.2, 0) is 9.53 Å². The fourth-order valence-corrected chi connectivity index (χ4v) is 2.33. The predicted octanol–water partition coefficient (Wildman–Crippen LogP) is 3.39. The molecule has 0 fully saturated rings. The van der Waals surface area contributed by atoms with Crippen molar-refractivity contribution in [2.24, 2.45) is 0 Å². The zero-order valence-corrected chi connectivity index (χ0v) is 14.9. The number of amides is 1. The van der Waals surface area contributed by atoms with E-state index in [1.165, 1.54) is 0 Å². The lowest BCUT2D eigenvalue weighted by molar-refractivity contribution is -0.146. The zero-order valence-electron chi connectivity index (χ0n) is 14.1. The van der Waals surface area contributed by atoms with Crippen LogP contribution in [0.4, 0.5) is 0 Å². The van der Waals surface area contributed by atoms with Crippen LogP contribution >= 0.6 is 11.6 Å². The topological polar surface area (TPSA) is 64.6 Å². The summed E-state index contributed by atoms with van der Waals surface area (Å²) in [6.07, 6.45) is 0. The van der Waals surface area contributed by atoms with E-state index in [2.05, 4.69) is 5.32 Å². The van der Waals surface area contributed by atoms with E-state index < -0.39 is 17.9 Å². The Balaban J connectivity index is 1.75. The van der Waals surface area contributed by atoms with Gasteiger partial charge in [-0.05, 0) is 43.7 Å². The van der Waals surface area contributed by atoms with Crippen LogP contribution in [0.5, 0.6) is 5.75 Å². The molecule has 2 aromatic rings. The SMILES string of the molecule is Cc1cccc(OCCOC(=O)[C@H](C)NC(=O)c2ccccc2Cl)c1. The molecule has 2 rings (SSSR count). The van der Waals surface area contributed by atoms with Crippen LogP contribution in [0.15, 0.2) is 48.5 Å². The summed E-state index contributed by atoms with van der Waals surface area (Å²) in [5.41, 5.74) is 1.40. The van der Waals surface area contributed by atoms with Crippen LogP contribution in [-0.4, -0.2) is 31.1 Å². The van der Waals surface area contributed by atoms with Gasteiger partial charge in [0.15, 0.2) is 0 Å². The standard InChI is InChI=1S/C19H20ClNO4/c1-13-6-5-7-15(12-13)24-10-11-25-19(23)14(2)21-18(22)16-8-3-4-9-17(16)20/h3-9,12,14H,10-11H2,1-2H3,(H,21,22)/t14-/m0/s1. The Labute approximate surface area is 151 Å². The molecule has 0 aromatic heterocycles. The first-order chi connectivity index (χ1) is 12.0. The van der Waals surface area contributed by atoms with E-state index in [1.54, 1.807) is 31.2 Å². The molecule has 5 nitrogen and oxygen atoms in total. The van der Waals surface area contributed by atoms with Crippen molar-refractivity contribution >= 4 is 23.5 Å². The minimum absolute atomic E-state index is 0.0963. The highest BCUT2D eigenvalue weighted by molar-refractivity contribution is 6.33. The smallest absolute Gasteiger partial charge is 0.328 e. The molecule has 0 saturated heterocycles. The molecule has 0 radical (unpaired) electrons. The minimum Gasteiger partial charge on any atom is -0.490 e. The van der Waals surface area contributed by atoms with Gasteiger partial charge in [0.1, 0.15) is 25.0 Å². The Kier molecular flexibility index (Phi) is 6.83. The Morgan fingerprint density at radius 1 is 1.12 bits per heavy atom. The first-order valence-electron chi connectivity index (χ1n) is 7.89. The number of carbonyl (C=O) groups is 2. The van der Waals surface area contributed by atoms with E-state index in [1.807, 2.05) is 31.2 Å². The van der Waals surface area contributed by atoms with Gasteiger partial charge in [0.25, 0.3) is 5.91 Å². The van der Waals surface area contributed by atoms with Gasteiger partial charge in [-0.25, -0.2) is 4.79 Å². The number of nitrogens with one attached hydrogen (secondary N) is 1. The number of benzene rings is 2. The summed E-state index contributed by atoms with van der Waals surface area (Å²) in [7, 11) is 0. The number of carbonyl (C=O) groups excluding carboxylic acids is 2. The van der Waals surface area contributed by atoms with Crippen molar-refractivity contribution in [1.29, 1.82) is 0 Å². The second-order valence-corrected chi connectivity index (χ2v) is 5.91. The number of ether oxygens (including phenoxy) is 2. The number of hydrogen-bond donors (Lipinski definition) is 1. The maximum absolute atomic E-state index is 12.1. The molecule has 0 heterocycles. The molecule has 1 atom stereocenters. The lowest BCUT2D eigenvalue weighted by Gasteiger charge is -2.14. The van der Waals surface area contributed by atoms with Crippen molar-refractivity contribution in [1.82, 2.24) is 5.32 Å². The number of hydrogen-bond acceptors (Lipinski definition) is 4. The van der Waals surface area contributed by atoms with Crippen molar-refractivity contribution < 1.29 is 19.1 Å². The van der Waals surface area contributed by atoms with Gasteiger partial charge >= 0.3 is 5.97 Å². The normalized spacial score (nSPS) is 11.5. The number of esters is 1. The van der Waals surface area contributed by atoms with E-state index in [4.69, 9.17) is 21.1 Å². The fraction of sp³-hybridized carbons (Fsp3) is 0.263. The Morgan fingerprint density at radius 2 is 1.88 bits per heavy atom. The van der Waals surface area contributed by atoms with Gasteiger partial charge in [-0.1, -0.05) is 35.9 Å². The van der Waals surface area contributed by atoms with E-state index in [0.29, 0.717) is 10.6 Å². The highest BCUT2D eigenvalue weighted by atomic mass is 35.5.